The molecule has 2 aliphatic heterocycles. The van der Waals surface area contributed by atoms with Crippen molar-refractivity contribution >= 4 is 51.8 Å². The number of halogens is 1. The fraction of sp³-hybridized carbons (Fsp3) is 0.484. The smallest absolute Gasteiger partial charge is 0.270 e. The van der Waals surface area contributed by atoms with E-state index in [2.05, 4.69) is 22.8 Å². The lowest BCUT2D eigenvalue weighted by molar-refractivity contribution is -0.124. The molecule has 10 heteroatoms. The molecule has 1 aromatic carbocycles. The molecule has 1 aliphatic carbocycles. The Morgan fingerprint density at radius 3 is 2.37 bits per heavy atom. The van der Waals surface area contributed by atoms with E-state index in [1.165, 1.54) is 30.3 Å². The van der Waals surface area contributed by atoms with E-state index in [1.54, 1.807) is 28.5 Å². The molecular weight excluding hydrogens is 558 g/mol. The maximum atomic E-state index is 13.7. The van der Waals surface area contributed by atoms with Crippen LogP contribution in [0.3, 0.4) is 0 Å². The Labute approximate surface area is 250 Å². The summed E-state index contributed by atoms with van der Waals surface area (Å²) >= 11 is 7.00. The number of thioether (sulfide) groups is 1. The number of hydrogen-bond acceptors (Lipinski definition) is 7. The first-order valence-electron chi connectivity index (χ1n) is 14.5. The second-order valence-corrected chi connectivity index (χ2v) is 12.6. The molecular formula is C31H36FN5O2S2. The molecule has 7 nitrogen and oxygen atoms in total. The molecule has 3 aliphatic rings. The van der Waals surface area contributed by atoms with Crippen LogP contribution in [-0.4, -0.2) is 51.9 Å². The van der Waals surface area contributed by atoms with Crippen LogP contribution in [0.5, 0.6) is 0 Å². The van der Waals surface area contributed by atoms with Gasteiger partial charge in [0, 0.05) is 50.0 Å². The van der Waals surface area contributed by atoms with E-state index in [-0.39, 0.29) is 28.9 Å². The lowest BCUT2D eigenvalue weighted by atomic mass is 9.94. The van der Waals surface area contributed by atoms with Crippen LogP contribution in [0.15, 0.2) is 34.0 Å². The Hall–Kier alpha value is -3.16. The van der Waals surface area contributed by atoms with Gasteiger partial charge in [-0.2, -0.15) is 5.26 Å². The molecule has 0 spiro atoms. The molecule has 0 atom stereocenters. The van der Waals surface area contributed by atoms with Crippen molar-refractivity contribution in [2.75, 3.05) is 36.0 Å². The molecule has 1 amide bonds. The van der Waals surface area contributed by atoms with Crippen LogP contribution in [0.1, 0.15) is 68.6 Å². The number of thiocarbonyl (C=S) groups is 1. The zero-order valence-corrected chi connectivity index (χ0v) is 25.3. The van der Waals surface area contributed by atoms with Crippen molar-refractivity contribution in [1.29, 1.82) is 5.26 Å². The quantitative estimate of drug-likeness (QED) is 0.296. The summed E-state index contributed by atoms with van der Waals surface area (Å²) in [6.07, 6.45) is 8.86. The maximum Gasteiger partial charge on any atom is 0.270 e. The average molecular weight is 594 g/mol. The summed E-state index contributed by atoms with van der Waals surface area (Å²) < 4.78 is 15.8. The topological polar surface area (TPSA) is 72.6 Å². The van der Waals surface area contributed by atoms with Crippen LogP contribution in [0.2, 0.25) is 0 Å². The number of unbranched alkanes of at least 4 members (excludes halogenated alkanes) is 1. The highest BCUT2D eigenvalue weighted by Gasteiger charge is 2.38. The number of anilines is 2. The highest BCUT2D eigenvalue weighted by molar-refractivity contribution is 8.26. The Kier molecular flexibility index (Phi) is 9.15. The number of carbonyl (C=O) groups is 1. The normalized spacial score (nSPS) is 19.4. The van der Waals surface area contributed by atoms with E-state index < -0.39 is 0 Å². The highest BCUT2D eigenvalue weighted by atomic mass is 32.2. The highest BCUT2D eigenvalue weighted by Crippen LogP contribution is 2.39. The summed E-state index contributed by atoms with van der Waals surface area (Å²) in [6.45, 7) is 7.02. The van der Waals surface area contributed by atoms with E-state index in [0.717, 1.165) is 55.6 Å². The second-order valence-electron chi connectivity index (χ2n) is 11.0. The summed E-state index contributed by atoms with van der Waals surface area (Å²) in [5.74, 6) is 0.406. The van der Waals surface area contributed by atoms with Gasteiger partial charge in [0.25, 0.3) is 11.5 Å². The minimum Gasteiger partial charge on any atom is -0.368 e. The Balaban J connectivity index is 1.54. The molecule has 1 saturated carbocycles. The van der Waals surface area contributed by atoms with E-state index >= 15 is 0 Å². The largest absolute Gasteiger partial charge is 0.368 e. The van der Waals surface area contributed by atoms with Gasteiger partial charge in [0.15, 0.2) is 0 Å². The number of nitrogens with zero attached hydrogens (tertiary/aromatic N) is 5. The number of benzene rings is 1. The van der Waals surface area contributed by atoms with Gasteiger partial charge in [0.2, 0.25) is 0 Å². The number of aromatic nitrogens is 1. The number of piperazine rings is 1. The predicted molar refractivity (Wildman–Crippen MR) is 168 cm³/mol. The van der Waals surface area contributed by atoms with Gasteiger partial charge in [-0.25, -0.2) is 4.39 Å². The van der Waals surface area contributed by atoms with Gasteiger partial charge < -0.3 is 9.80 Å². The van der Waals surface area contributed by atoms with Crippen molar-refractivity contribution in [2.45, 2.75) is 71.4 Å². The van der Waals surface area contributed by atoms with Crippen molar-refractivity contribution in [1.82, 2.24) is 9.47 Å². The average Bonchev–Trinajstić information content (AvgIpc) is 3.27. The minimum atomic E-state index is -0.290. The minimum absolute atomic E-state index is 0.0804. The van der Waals surface area contributed by atoms with Crippen molar-refractivity contribution in [2.24, 2.45) is 0 Å². The molecule has 0 radical (unpaired) electrons. The van der Waals surface area contributed by atoms with E-state index in [0.29, 0.717) is 47.5 Å². The maximum absolute atomic E-state index is 13.7. The van der Waals surface area contributed by atoms with Gasteiger partial charge in [0.1, 0.15) is 27.6 Å². The van der Waals surface area contributed by atoms with Crippen molar-refractivity contribution in [3.8, 4) is 6.07 Å². The van der Waals surface area contributed by atoms with Gasteiger partial charge in [-0.15, -0.1) is 0 Å². The fourth-order valence-electron chi connectivity index (χ4n) is 6.10. The van der Waals surface area contributed by atoms with Gasteiger partial charge in [-0.1, -0.05) is 56.6 Å². The third kappa shape index (κ3) is 5.93. The Morgan fingerprint density at radius 1 is 1.07 bits per heavy atom. The molecule has 3 heterocycles. The molecule has 5 rings (SSSR count). The summed E-state index contributed by atoms with van der Waals surface area (Å²) in [5, 5.41) is 9.99. The molecule has 2 saturated heterocycles. The van der Waals surface area contributed by atoms with Crippen LogP contribution >= 0.6 is 24.0 Å². The first-order chi connectivity index (χ1) is 19.8. The Morgan fingerprint density at radius 2 is 1.73 bits per heavy atom. The van der Waals surface area contributed by atoms with Gasteiger partial charge in [-0.05, 0) is 62.1 Å². The van der Waals surface area contributed by atoms with Crippen LogP contribution in [0.25, 0.3) is 6.08 Å². The molecule has 41 heavy (non-hydrogen) atoms. The monoisotopic (exact) mass is 593 g/mol. The SMILES string of the molecule is CCCCn1c(N2CCN(c3ccc(F)cc3)CC2)c(/C=C2\SC(=S)N(C3CCCCC3)C2=O)c(C)c(C#N)c1=O. The van der Waals surface area contributed by atoms with Crippen LogP contribution in [0, 0.1) is 24.1 Å². The predicted octanol–water partition coefficient (Wildman–Crippen LogP) is 5.83. The lowest BCUT2D eigenvalue weighted by Crippen LogP contribution is -2.48. The van der Waals surface area contributed by atoms with E-state index in [9.17, 15) is 19.2 Å². The van der Waals surface area contributed by atoms with Crippen LogP contribution < -0.4 is 15.4 Å². The van der Waals surface area contributed by atoms with Crippen molar-refractivity contribution < 1.29 is 9.18 Å². The molecule has 0 N–H and O–H groups in total. The number of carbonyl (C=O) groups excluding carboxylic acids is 1. The molecule has 1 aromatic heterocycles. The van der Waals surface area contributed by atoms with Gasteiger partial charge in [0.05, 0.1) is 4.91 Å². The summed E-state index contributed by atoms with van der Waals surface area (Å²) in [5.41, 5.74) is 2.10. The van der Waals surface area contributed by atoms with Crippen LogP contribution in [0.4, 0.5) is 15.9 Å². The number of pyridine rings is 1. The van der Waals surface area contributed by atoms with Crippen molar-refractivity contribution in [3.05, 3.63) is 62.0 Å². The zero-order valence-electron chi connectivity index (χ0n) is 23.7. The molecule has 0 unspecified atom stereocenters. The molecule has 216 valence electrons. The Bertz CT molecular complexity index is 1450. The summed E-state index contributed by atoms with van der Waals surface area (Å²) in [4.78, 5) is 34.0. The summed E-state index contributed by atoms with van der Waals surface area (Å²) in [6, 6.07) is 8.78. The van der Waals surface area contributed by atoms with Gasteiger partial charge in [-0.3, -0.25) is 19.1 Å². The number of nitriles is 1. The van der Waals surface area contributed by atoms with E-state index in [1.807, 2.05) is 6.08 Å². The molecule has 0 bridgehead atoms. The first-order valence-corrected chi connectivity index (χ1v) is 15.8. The third-order valence-corrected chi connectivity index (χ3v) is 9.72. The van der Waals surface area contributed by atoms with E-state index in [4.69, 9.17) is 12.2 Å². The molecule has 3 fully saturated rings. The van der Waals surface area contributed by atoms with Crippen LogP contribution in [-0.2, 0) is 11.3 Å². The lowest BCUT2D eigenvalue weighted by Gasteiger charge is -2.39. The zero-order chi connectivity index (χ0) is 29.1. The summed E-state index contributed by atoms with van der Waals surface area (Å²) in [7, 11) is 0. The third-order valence-electron chi connectivity index (χ3n) is 8.39. The fourth-order valence-corrected chi connectivity index (χ4v) is 7.48. The number of hydrogen-bond donors (Lipinski definition) is 0. The number of amides is 1. The number of rotatable bonds is 7. The standard InChI is InChI=1S/C31H36FN5O2S2/c1-3-4-14-36-28(35-17-15-34(16-18-35)23-12-10-22(32)11-13-23)25(21(2)26(20-33)29(36)38)19-27-30(39)37(31(40)41-27)24-8-6-5-7-9-24/h10-13,19,24H,3-9,14-18H2,1-2H3/b27-19-. The van der Waals surface area contributed by atoms with Gasteiger partial charge >= 0.3 is 0 Å². The second kappa shape index (κ2) is 12.8. The van der Waals surface area contributed by atoms with Crippen molar-refractivity contribution in [3.63, 3.8) is 0 Å². The molecule has 2 aromatic rings. The first kappa shape index (κ1) is 29.3.